The average molecular weight is 380 g/mol. The first kappa shape index (κ1) is 18.9. The lowest BCUT2D eigenvalue weighted by Gasteiger charge is -2.34. The number of pyridine rings is 1. The van der Waals surface area contributed by atoms with Gasteiger partial charge in [0.25, 0.3) is 0 Å². The molecule has 2 atom stereocenters. The molecule has 0 aliphatic carbocycles. The predicted molar refractivity (Wildman–Crippen MR) is 111 cm³/mol. The van der Waals surface area contributed by atoms with Crippen LogP contribution in [-0.2, 0) is 6.42 Å². The summed E-state index contributed by atoms with van der Waals surface area (Å²) in [5, 5.41) is 9.97. The summed E-state index contributed by atoms with van der Waals surface area (Å²) in [6.45, 7) is 9.15. The zero-order chi connectivity index (χ0) is 20.2. The third-order valence-electron chi connectivity index (χ3n) is 6.20. The third-order valence-corrected chi connectivity index (χ3v) is 6.20. The number of aryl methyl sites for hydroxylation is 1. The van der Waals surface area contributed by atoms with Crippen molar-refractivity contribution in [2.45, 2.75) is 52.7 Å². The smallest absolute Gasteiger partial charge is 0.185 e. The molecular formula is C23H28N2O3. The Hall–Kier alpha value is -2.40. The zero-order valence-corrected chi connectivity index (χ0v) is 17.0. The number of hydrogen-bond donors (Lipinski definition) is 1. The number of carbonyl (C=O) groups excluding carboxylic acids is 1. The Morgan fingerprint density at radius 2 is 2.00 bits per heavy atom. The Balaban J connectivity index is 1.93. The van der Waals surface area contributed by atoms with Gasteiger partial charge in [0.05, 0.1) is 11.8 Å². The van der Waals surface area contributed by atoms with Crippen LogP contribution in [0.2, 0.25) is 0 Å². The molecular weight excluding hydrogens is 352 g/mol. The number of β-amino-alcohol motifs (C(OH)–C–C–N with tert-alkyl or cyclic N) is 1. The Morgan fingerprint density at radius 3 is 2.61 bits per heavy atom. The van der Waals surface area contributed by atoms with E-state index in [1.807, 2.05) is 19.2 Å². The molecule has 5 heteroatoms. The lowest BCUT2D eigenvalue weighted by molar-refractivity contribution is 0.101. The summed E-state index contributed by atoms with van der Waals surface area (Å²) in [6.07, 6.45) is 3.20. The second-order valence-corrected chi connectivity index (χ2v) is 8.60. The molecule has 1 unspecified atom stereocenters. The number of aromatic nitrogens is 1. The van der Waals surface area contributed by atoms with Crippen LogP contribution < -0.4 is 10.3 Å². The van der Waals surface area contributed by atoms with E-state index in [1.165, 1.54) is 5.56 Å². The number of ketones is 1. The molecule has 1 fully saturated rings. The number of fused-ring (bicyclic) bond motifs is 3. The molecule has 0 radical (unpaired) electrons. The van der Waals surface area contributed by atoms with Crippen molar-refractivity contribution in [2.24, 2.45) is 5.92 Å². The highest BCUT2D eigenvalue weighted by molar-refractivity contribution is 6.01. The number of aliphatic hydroxyl groups excluding tert-OH is 1. The minimum absolute atomic E-state index is 0.00572. The van der Waals surface area contributed by atoms with Crippen molar-refractivity contribution in [3.63, 3.8) is 0 Å². The minimum Gasteiger partial charge on any atom is -0.391 e. The van der Waals surface area contributed by atoms with E-state index in [1.54, 1.807) is 13.0 Å². The highest BCUT2D eigenvalue weighted by Gasteiger charge is 2.30. The summed E-state index contributed by atoms with van der Waals surface area (Å²) in [4.78, 5) is 26.9. The summed E-state index contributed by atoms with van der Waals surface area (Å²) in [5.74, 6) is 0.421. The summed E-state index contributed by atoms with van der Waals surface area (Å²) in [5.41, 5.74) is 5.38. The number of hydrogen-bond acceptors (Lipinski definition) is 4. The lowest BCUT2D eigenvalue weighted by Crippen LogP contribution is -2.28. The molecule has 28 heavy (non-hydrogen) atoms. The van der Waals surface area contributed by atoms with Crippen LogP contribution in [0.1, 0.15) is 54.7 Å². The quantitative estimate of drug-likeness (QED) is 0.830. The summed E-state index contributed by atoms with van der Waals surface area (Å²) in [7, 11) is 0. The highest BCUT2D eigenvalue weighted by Crippen LogP contribution is 2.41. The van der Waals surface area contributed by atoms with Crippen molar-refractivity contribution >= 4 is 11.5 Å². The molecule has 1 aromatic carbocycles. The van der Waals surface area contributed by atoms with E-state index in [0.717, 1.165) is 41.9 Å². The first-order valence-corrected chi connectivity index (χ1v) is 10.1. The normalized spacial score (nSPS) is 21.0. The molecule has 0 bridgehead atoms. The van der Waals surface area contributed by atoms with Gasteiger partial charge < -0.3 is 14.6 Å². The zero-order valence-electron chi connectivity index (χ0n) is 17.0. The molecule has 148 valence electrons. The third kappa shape index (κ3) is 3.08. The summed E-state index contributed by atoms with van der Waals surface area (Å²) >= 11 is 0. The second kappa shape index (κ2) is 6.89. The number of nitrogens with zero attached hydrogens (tertiary/aromatic N) is 2. The van der Waals surface area contributed by atoms with E-state index in [-0.39, 0.29) is 23.4 Å². The first-order valence-electron chi connectivity index (χ1n) is 10.1. The maximum atomic E-state index is 12.4. The van der Waals surface area contributed by atoms with Crippen LogP contribution in [0.4, 0.5) is 5.69 Å². The van der Waals surface area contributed by atoms with Gasteiger partial charge in [-0.1, -0.05) is 13.8 Å². The van der Waals surface area contributed by atoms with Crippen LogP contribution in [0.15, 0.2) is 29.2 Å². The molecule has 5 nitrogen and oxygen atoms in total. The molecule has 0 saturated carbocycles. The van der Waals surface area contributed by atoms with Gasteiger partial charge in [-0.2, -0.15) is 0 Å². The lowest BCUT2D eigenvalue weighted by atomic mass is 9.85. The average Bonchev–Trinajstić information content (AvgIpc) is 3.07. The predicted octanol–water partition coefficient (Wildman–Crippen LogP) is 3.35. The topological polar surface area (TPSA) is 62.5 Å². The minimum atomic E-state index is -0.346. The van der Waals surface area contributed by atoms with Crippen LogP contribution in [-0.4, -0.2) is 34.7 Å². The molecule has 2 aromatic rings. The van der Waals surface area contributed by atoms with E-state index < -0.39 is 0 Å². The molecule has 1 N–H and O–H groups in total. The summed E-state index contributed by atoms with van der Waals surface area (Å²) in [6, 6.07) is 6.05. The van der Waals surface area contributed by atoms with Crippen LogP contribution in [0.3, 0.4) is 0 Å². The van der Waals surface area contributed by atoms with Crippen LogP contribution >= 0.6 is 0 Å². The Morgan fingerprint density at radius 1 is 1.25 bits per heavy atom. The fraction of sp³-hybridized carbons (Fsp3) is 0.478. The molecule has 2 aliphatic heterocycles. The maximum Gasteiger partial charge on any atom is 0.185 e. The Labute approximate surface area is 165 Å². The number of aliphatic hydroxyl groups is 1. The fourth-order valence-electron chi connectivity index (χ4n) is 4.57. The SMILES string of the molecule is CC(=O)c1cc2c(cc1N1CC[C@H](O)C1)CC(C(C)C)n1cc(C)c(=O)cc1-2. The second-order valence-electron chi connectivity index (χ2n) is 8.60. The highest BCUT2D eigenvalue weighted by atomic mass is 16.3. The van der Waals surface area contributed by atoms with Gasteiger partial charge in [0.2, 0.25) is 0 Å². The molecule has 4 rings (SSSR count). The van der Waals surface area contributed by atoms with E-state index in [4.69, 9.17) is 0 Å². The van der Waals surface area contributed by atoms with E-state index in [9.17, 15) is 14.7 Å². The molecule has 0 amide bonds. The van der Waals surface area contributed by atoms with Crippen LogP contribution in [0, 0.1) is 12.8 Å². The van der Waals surface area contributed by atoms with E-state index in [2.05, 4.69) is 29.4 Å². The van der Waals surface area contributed by atoms with Crippen LogP contribution in [0.25, 0.3) is 11.3 Å². The molecule has 1 saturated heterocycles. The number of rotatable bonds is 3. The number of benzene rings is 1. The van der Waals surface area contributed by atoms with Gasteiger partial charge in [-0.05, 0) is 50.3 Å². The van der Waals surface area contributed by atoms with Gasteiger partial charge >= 0.3 is 0 Å². The Kier molecular flexibility index (Phi) is 4.66. The van der Waals surface area contributed by atoms with Crippen molar-refractivity contribution < 1.29 is 9.90 Å². The number of Topliss-reactive ketones (excluding diaryl/α,β-unsaturated/α-hetero) is 1. The van der Waals surface area contributed by atoms with Crippen LogP contribution in [0.5, 0.6) is 0 Å². The maximum absolute atomic E-state index is 12.4. The monoisotopic (exact) mass is 380 g/mol. The van der Waals surface area contributed by atoms with Crippen molar-refractivity contribution in [3.05, 3.63) is 51.3 Å². The van der Waals surface area contributed by atoms with Crippen molar-refractivity contribution in [1.29, 1.82) is 0 Å². The molecule has 3 heterocycles. The molecule has 2 aliphatic rings. The van der Waals surface area contributed by atoms with Gasteiger partial charge in [0, 0.05) is 53.8 Å². The number of carbonyl (C=O) groups is 1. The Bertz CT molecular complexity index is 1010. The largest absolute Gasteiger partial charge is 0.391 e. The van der Waals surface area contributed by atoms with Crippen molar-refractivity contribution in [2.75, 3.05) is 18.0 Å². The number of anilines is 1. The standard InChI is InChI=1S/C23H28N2O3/c1-13(2)20-7-16-8-21(24-6-5-17(27)12-24)18(15(4)26)9-19(16)22-10-23(28)14(3)11-25(20)22/h8-11,13,17,20,27H,5-7,12H2,1-4H3/t17-,20?/m0/s1. The van der Waals surface area contributed by atoms with Gasteiger partial charge in [0.1, 0.15) is 0 Å². The molecule has 0 spiro atoms. The van der Waals surface area contributed by atoms with E-state index >= 15 is 0 Å². The van der Waals surface area contributed by atoms with Gasteiger partial charge in [-0.25, -0.2) is 0 Å². The molecule has 1 aromatic heterocycles. The van der Waals surface area contributed by atoms with Gasteiger partial charge in [-0.15, -0.1) is 0 Å². The van der Waals surface area contributed by atoms with Crippen molar-refractivity contribution in [1.82, 2.24) is 4.57 Å². The van der Waals surface area contributed by atoms with Gasteiger partial charge in [0.15, 0.2) is 11.2 Å². The van der Waals surface area contributed by atoms with Crippen molar-refractivity contribution in [3.8, 4) is 11.3 Å². The first-order chi connectivity index (χ1) is 13.3. The van der Waals surface area contributed by atoms with Gasteiger partial charge in [-0.3, -0.25) is 9.59 Å². The summed E-state index contributed by atoms with van der Waals surface area (Å²) < 4.78 is 2.22. The fourth-order valence-corrected chi connectivity index (χ4v) is 4.57. The van der Waals surface area contributed by atoms with E-state index in [0.29, 0.717) is 18.0 Å².